The van der Waals surface area contributed by atoms with Crippen molar-refractivity contribution < 1.29 is 32.6 Å². The summed E-state index contributed by atoms with van der Waals surface area (Å²) in [5.74, 6) is -1.18. The number of hydrogen-bond donors (Lipinski definition) is 2. The van der Waals surface area contributed by atoms with E-state index in [9.17, 15) is 23.1 Å². The van der Waals surface area contributed by atoms with Gasteiger partial charge in [-0.25, -0.2) is 13.1 Å². The van der Waals surface area contributed by atoms with Gasteiger partial charge >= 0.3 is 5.97 Å². The first-order valence-electron chi connectivity index (χ1n) is 17.0. The van der Waals surface area contributed by atoms with E-state index in [0.717, 1.165) is 43.2 Å². The summed E-state index contributed by atoms with van der Waals surface area (Å²) in [6, 6.07) is 10.8. The monoisotopic (exact) mass is 700 g/mol. The third-order valence-electron chi connectivity index (χ3n) is 10.0. The van der Waals surface area contributed by atoms with Crippen molar-refractivity contribution in [2.24, 2.45) is 17.8 Å². The van der Waals surface area contributed by atoms with Gasteiger partial charge in [-0.3, -0.25) is 9.59 Å². The lowest BCUT2D eigenvalue weighted by atomic mass is 9.63. The van der Waals surface area contributed by atoms with Crippen molar-refractivity contribution in [3.63, 3.8) is 0 Å². The Hall–Kier alpha value is -3.08. The molecule has 0 radical (unpaired) electrons. The molecule has 1 aliphatic carbocycles. The first-order chi connectivity index (χ1) is 22.5. The highest BCUT2D eigenvalue weighted by atomic mass is 35.5. The molecule has 2 aromatic rings. The Kier molecular flexibility index (Phi) is 10.9. The van der Waals surface area contributed by atoms with Crippen LogP contribution < -0.4 is 14.4 Å². The van der Waals surface area contributed by atoms with Crippen LogP contribution in [0.4, 0.5) is 5.69 Å². The highest BCUT2D eigenvalue weighted by Gasteiger charge is 2.47. The van der Waals surface area contributed by atoms with Crippen LogP contribution in [0.1, 0.15) is 94.6 Å². The van der Waals surface area contributed by atoms with Crippen LogP contribution in [0.15, 0.2) is 48.6 Å². The predicted molar refractivity (Wildman–Crippen MR) is 188 cm³/mol. The fraction of sp³-hybridized carbons (Fsp3) is 0.568. The summed E-state index contributed by atoms with van der Waals surface area (Å²) in [6.45, 7) is 10.3. The van der Waals surface area contributed by atoms with Crippen LogP contribution in [0.25, 0.3) is 0 Å². The number of aliphatic hydroxyl groups is 1. The molecule has 5 atom stereocenters. The summed E-state index contributed by atoms with van der Waals surface area (Å²) in [5, 5.41) is 12.0. The number of carbonyl (C=O) groups excluding carboxylic acids is 2. The van der Waals surface area contributed by atoms with Gasteiger partial charge in [-0.15, -0.1) is 0 Å². The van der Waals surface area contributed by atoms with E-state index >= 15 is 0 Å². The molecule has 0 saturated heterocycles. The summed E-state index contributed by atoms with van der Waals surface area (Å²) in [6.07, 6.45) is 7.73. The van der Waals surface area contributed by atoms with E-state index in [1.807, 2.05) is 18.2 Å². The molecule has 0 spiro atoms. The number of esters is 1. The van der Waals surface area contributed by atoms with Crippen LogP contribution in [-0.4, -0.2) is 54.9 Å². The second kappa shape index (κ2) is 14.4. The zero-order valence-corrected chi connectivity index (χ0v) is 30.2. The van der Waals surface area contributed by atoms with Gasteiger partial charge in [0, 0.05) is 23.7 Å². The smallest absolute Gasteiger partial charge is 0.309 e. The summed E-state index contributed by atoms with van der Waals surface area (Å²) in [5.41, 5.74) is 0.876. The number of nitrogens with zero attached hydrogens (tertiary/aromatic N) is 1. The van der Waals surface area contributed by atoms with Crippen molar-refractivity contribution in [1.82, 2.24) is 4.72 Å². The van der Waals surface area contributed by atoms with E-state index in [-0.39, 0.29) is 29.7 Å². The zero-order valence-electron chi connectivity index (χ0n) is 28.6. The average molecular weight is 701 g/mol. The molecule has 0 unspecified atom stereocenters. The third kappa shape index (κ3) is 8.55. The molecule has 0 aromatic heterocycles. The molecular weight excluding hydrogens is 652 g/mol. The van der Waals surface area contributed by atoms with Crippen LogP contribution in [0.5, 0.6) is 5.75 Å². The molecule has 2 N–H and O–H groups in total. The summed E-state index contributed by atoms with van der Waals surface area (Å²) in [4.78, 5) is 28.8. The molecule has 11 heteroatoms. The minimum atomic E-state index is -4.04. The van der Waals surface area contributed by atoms with Crippen LogP contribution in [0, 0.1) is 17.8 Å². The van der Waals surface area contributed by atoms with Crippen molar-refractivity contribution in [2.75, 3.05) is 18.0 Å². The van der Waals surface area contributed by atoms with Crippen LogP contribution in [0.2, 0.25) is 5.02 Å². The molecule has 2 bridgehead atoms. The Balaban J connectivity index is 1.56. The lowest BCUT2D eigenvalue weighted by Crippen LogP contribution is -2.51. The Morgan fingerprint density at radius 1 is 1.12 bits per heavy atom. The van der Waals surface area contributed by atoms with E-state index in [1.54, 1.807) is 65.0 Å². The fourth-order valence-corrected chi connectivity index (χ4v) is 8.48. The van der Waals surface area contributed by atoms with Gasteiger partial charge in [-0.2, -0.15) is 0 Å². The number of benzene rings is 2. The number of anilines is 1. The minimum Gasteiger partial charge on any atom is -0.487 e. The number of sulfonamides is 1. The van der Waals surface area contributed by atoms with Gasteiger partial charge in [0.15, 0.2) is 0 Å². The highest BCUT2D eigenvalue weighted by molar-refractivity contribution is 7.90. The van der Waals surface area contributed by atoms with Crippen molar-refractivity contribution >= 4 is 39.2 Å². The quantitative estimate of drug-likeness (QED) is 0.266. The topological polar surface area (TPSA) is 122 Å². The van der Waals surface area contributed by atoms with Gasteiger partial charge < -0.3 is 19.5 Å². The van der Waals surface area contributed by atoms with Crippen LogP contribution in [-0.2, 0) is 32.6 Å². The number of aryl methyl sites for hydroxylation is 1. The van der Waals surface area contributed by atoms with E-state index in [4.69, 9.17) is 21.1 Å². The van der Waals surface area contributed by atoms with Gasteiger partial charge in [0.25, 0.3) is 5.91 Å². The maximum atomic E-state index is 13.5. The Morgan fingerprint density at radius 2 is 1.90 bits per heavy atom. The van der Waals surface area contributed by atoms with Gasteiger partial charge in [0.2, 0.25) is 10.0 Å². The van der Waals surface area contributed by atoms with Crippen LogP contribution in [0.3, 0.4) is 0 Å². The van der Waals surface area contributed by atoms with E-state index in [2.05, 4.69) is 9.62 Å². The lowest BCUT2D eigenvalue weighted by molar-refractivity contribution is -0.162. The number of carbonyl (C=O) groups is 2. The molecule has 9 nitrogen and oxygen atoms in total. The average Bonchev–Trinajstić information content (AvgIpc) is 3.00. The molecule has 5 rings (SSSR count). The number of halogens is 1. The fourth-order valence-electron chi connectivity index (χ4n) is 7.00. The number of amides is 1. The number of rotatable bonds is 2. The van der Waals surface area contributed by atoms with E-state index in [1.165, 1.54) is 0 Å². The lowest BCUT2D eigenvalue weighted by Gasteiger charge is -2.48. The van der Waals surface area contributed by atoms with Crippen LogP contribution >= 0.6 is 11.6 Å². The normalized spacial score (nSPS) is 28.6. The van der Waals surface area contributed by atoms with Gasteiger partial charge in [-0.1, -0.05) is 36.7 Å². The molecule has 262 valence electrons. The number of hydrogen-bond acceptors (Lipinski definition) is 8. The zero-order chi connectivity index (χ0) is 34.9. The summed E-state index contributed by atoms with van der Waals surface area (Å²) >= 11 is 6.34. The van der Waals surface area contributed by atoms with E-state index < -0.39 is 38.4 Å². The van der Waals surface area contributed by atoms with Crippen molar-refractivity contribution in [2.45, 2.75) is 103 Å². The van der Waals surface area contributed by atoms with Crippen molar-refractivity contribution in [3.8, 4) is 5.75 Å². The molecule has 1 saturated carbocycles. The standard InChI is InChI=1S/C37H49ClN2O7S/c1-24-9-8-17-37(43,21-34(41)47-36(3,4)5)31-15-12-28(31)22-40-18-7-6-10-26-19-30(38)14-11-29(26)23-46-33-16-13-27(20-32(33)40)35(42)39-48(44,45)25(24)2/h8,11,13-14,16-17,19-20,24-25,28,31,43H,6-7,9-10,12,15,18,21-23H2,1-5H3,(H,39,42)/b17-8+/t24-,25+,28-,31+,37-/m0/s1. The number of nitrogens with one attached hydrogen (secondary N) is 1. The Morgan fingerprint density at radius 3 is 2.60 bits per heavy atom. The molecule has 1 amide bonds. The third-order valence-corrected chi connectivity index (χ3v) is 12.2. The molecule has 48 heavy (non-hydrogen) atoms. The first-order valence-corrected chi connectivity index (χ1v) is 18.9. The maximum Gasteiger partial charge on any atom is 0.309 e. The highest BCUT2D eigenvalue weighted by Crippen LogP contribution is 2.46. The number of allylic oxidation sites excluding steroid dienone is 1. The summed E-state index contributed by atoms with van der Waals surface area (Å²) < 4.78 is 41.1. The Labute approximate surface area is 290 Å². The van der Waals surface area contributed by atoms with Crippen molar-refractivity contribution in [1.29, 1.82) is 0 Å². The molecule has 3 aliphatic rings. The Bertz CT molecular complexity index is 1650. The molecule has 2 aliphatic heterocycles. The van der Waals surface area contributed by atoms with Gasteiger partial charge in [0.1, 0.15) is 18.0 Å². The molecular formula is C37H49ClN2O7S. The SMILES string of the molecule is C[C@@H]1[C@@H](C)C/C=C/[C@](O)(CC(=O)OC(C)(C)C)[C@@H]2CC[C@H]2CN2CCCCc3cc(Cl)ccc3COc3ccc(cc32)C(=O)NS1(=O)=O. The van der Waals surface area contributed by atoms with Gasteiger partial charge in [-0.05, 0) is 125 Å². The van der Waals surface area contributed by atoms with E-state index in [0.29, 0.717) is 42.6 Å². The first kappa shape index (κ1) is 36.2. The minimum absolute atomic E-state index is 0.0400. The molecule has 1 fully saturated rings. The predicted octanol–water partition coefficient (Wildman–Crippen LogP) is 6.59. The van der Waals surface area contributed by atoms with Gasteiger partial charge in [0.05, 0.1) is 23.0 Å². The molecule has 2 heterocycles. The number of ether oxygens (including phenoxy) is 2. The molecule has 2 aromatic carbocycles. The second-order valence-electron chi connectivity index (χ2n) is 14.8. The largest absolute Gasteiger partial charge is 0.487 e. The maximum absolute atomic E-state index is 13.5. The second-order valence-corrected chi connectivity index (χ2v) is 17.3. The van der Waals surface area contributed by atoms with Crippen molar-refractivity contribution in [3.05, 3.63) is 70.3 Å². The number of fused-ring (bicyclic) bond motifs is 3. The summed E-state index contributed by atoms with van der Waals surface area (Å²) in [7, 11) is -4.04.